The number of hydrogen-bond donors (Lipinski definition) is 1. The zero-order valence-corrected chi connectivity index (χ0v) is 20.0. The molecule has 0 fully saturated rings. The molecule has 0 aliphatic heterocycles. The second kappa shape index (κ2) is 10.1. The molecule has 2 aromatic rings. The molecule has 176 valence electrons. The van der Waals surface area contributed by atoms with Crippen molar-refractivity contribution in [2.45, 2.75) is 60.6 Å². The average Bonchev–Trinajstić information content (AvgIpc) is 3.03. The van der Waals surface area contributed by atoms with Crippen LogP contribution in [0.25, 0.3) is 10.9 Å². The average molecular weight is 447 g/mol. The highest BCUT2D eigenvalue weighted by Crippen LogP contribution is 2.27. The SMILES string of the molecule is CCOC(=O)c1ccc2cc(C(=O)OCC)n(CC(C)(C)CNC(=O)OC(C)(C)C)c2c1. The van der Waals surface area contributed by atoms with Gasteiger partial charge in [-0.2, -0.15) is 0 Å². The van der Waals surface area contributed by atoms with Crippen LogP contribution in [0.5, 0.6) is 0 Å². The lowest BCUT2D eigenvalue weighted by atomic mass is 9.93. The third kappa shape index (κ3) is 6.73. The van der Waals surface area contributed by atoms with Crippen LogP contribution in [0.4, 0.5) is 4.79 Å². The van der Waals surface area contributed by atoms with Crippen molar-refractivity contribution < 1.29 is 28.6 Å². The van der Waals surface area contributed by atoms with Gasteiger partial charge in [0.1, 0.15) is 11.3 Å². The van der Waals surface area contributed by atoms with Crippen LogP contribution >= 0.6 is 0 Å². The highest BCUT2D eigenvalue weighted by Gasteiger charge is 2.26. The summed E-state index contributed by atoms with van der Waals surface area (Å²) in [7, 11) is 0. The fourth-order valence-electron chi connectivity index (χ4n) is 3.25. The van der Waals surface area contributed by atoms with Crippen molar-refractivity contribution in [3.05, 3.63) is 35.5 Å². The molecule has 0 bridgehead atoms. The van der Waals surface area contributed by atoms with E-state index in [1.165, 1.54) is 0 Å². The van der Waals surface area contributed by atoms with E-state index in [1.807, 2.05) is 18.4 Å². The summed E-state index contributed by atoms with van der Waals surface area (Å²) in [6, 6.07) is 6.93. The van der Waals surface area contributed by atoms with E-state index in [-0.39, 0.29) is 13.2 Å². The first-order valence-corrected chi connectivity index (χ1v) is 10.8. The zero-order chi connectivity index (χ0) is 24.1. The summed E-state index contributed by atoms with van der Waals surface area (Å²) in [4.78, 5) is 37.0. The van der Waals surface area contributed by atoms with Gasteiger partial charge >= 0.3 is 18.0 Å². The summed E-state index contributed by atoms with van der Waals surface area (Å²) < 4.78 is 17.5. The van der Waals surface area contributed by atoms with Gasteiger partial charge in [0.2, 0.25) is 0 Å². The molecular formula is C24H34N2O6. The van der Waals surface area contributed by atoms with Crippen LogP contribution in [0.2, 0.25) is 0 Å². The number of nitrogens with zero attached hydrogens (tertiary/aromatic N) is 1. The van der Waals surface area contributed by atoms with E-state index < -0.39 is 29.0 Å². The lowest BCUT2D eigenvalue weighted by Gasteiger charge is -2.28. The summed E-state index contributed by atoms with van der Waals surface area (Å²) >= 11 is 0. The van der Waals surface area contributed by atoms with E-state index in [0.717, 1.165) is 5.39 Å². The molecule has 0 radical (unpaired) electrons. The molecule has 0 spiro atoms. The maximum Gasteiger partial charge on any atom is 0.407 e. The number of benzene rings is 1. The molecular weight excluding hydrogens is 412 g/mol. The Bertz CT molecular complexity index is 984. The molecule has 32 heavy (non-hydrogen) atoms. The van der Waals surface area contributed by atoms with Crippen molar-refractivity contribution in [3.8, 4) is 0 Å². The van der Waals surface area contributed by atoms with Gasteiger partial charge < -0.3 is 24.1 Å². The van der Waals surface area contributed by atoms with E-state index in [4.69, 9.17) is 14.2 Å². The molecule has 0 unspecified atom stereocenters. The minimum Gasteiger partial charge on any atom is -0.462 e. The fourth-order valence-corrected chi connectivity index (χ4v) is 3.25. The van der Waals surface area contributed by atoms with Crippen molar-refractivity contribution >= 4 is 28.9 Å². The number of carbonyl (C=O) groups excluding carboxylic acids is 3. The van der Waals surface area contributed by atoms with Gasteiger partial charge in [-0.15, -0.1) is 0 Å². The Morgan fingerprint density at radius 1 is 0.938 bits per heavy atom. The topological polar surface area (TPSA) is 95.9 Å². The molecule has 8 heteroatoms. The van der Waals surface area contributed by atoms with Crippen LogP contribution in [-0.2, 0) is 20.8 Å². The molecule has 1 amide bonds. The smallest absolute Gasteiger partial charge is 0.407 e. The van der Waals surface area contributed by atoms with E-state index in [2.05, 4.69) is 5.32 Å². The summed E-state index contributed by atoms with van der Waals surface area (Å²) in [6.07, 6.45) is -0.502. The predicted molar refractivity (Wildman–Crippen MR) is 122 cm³/mol. The van der Waals surface area contributed by atoms with Gasteiger partial charge in [0.05, 0.1) is 18.8 Å². The molecule has 1 aromatic heterocycles. The third-order valence-corrected chi connectivity index (χ3v) is 4.60. The third-order valence-electron chi connectivity index (χ3n) is 4.60. The lowest BCUT2D eigenvalue weighted by molar-refractivity contribution is 0.0484. The van der Waals surface area contributed by atoms with Gasteiger partial charge in [-0.3, -0.25) is 0 Å². The van der Waals surface area contributed by atoms with Crippen LogP contribution in [0.1, 0.15) is 69.3 Å². The van der Waals surface area contributed by atoms with E-state index in [9.17, 15) is 14.4 Å². The fraction of sp³-hybridized carbons (Fsp3) is 0.542. The van der Waals surface area contributed by atoms with Crippen LogP contribution in [0, 0.1) is 5.41 Å². The molecule has 0 aliphatic rings. The van der Waals surface area contributed by atoms with Crippen molar-refractivity contribution in [3.63, 3.8) is 0 Å². The maximum absolute atomic E-state index is 12.6. The number of ether oxygens (including phenoxy) is 3. The molecule has 1 N–H and O–H groups in total. The molecule has 2 rings (SSSR count). The first kappa shape index (κ1) is 25.2. The Morgan fingerprint density at radius 2 is 1.56 bits per heavy atom. The molecule has 0 saturated carbocycles. The predicted octanol–water partition coefficient (Wildman–Crippen LogP) is 4.55. The van der Waals surface area contributed by atoms with Crippen LogP contribution in [0.15, 0.2) is 24.3 Å². The van der Waals surface area contributed by atoms with Crippen molar-refractivity contribution in [1.29, 1.82) is 0 Å². The van der Waals surface area contributed by atoms with E-state index in [0.29, 0.717) is 29.9 Å². The highest BCUT2D eigenvalue weighted by molar-refractivity contribution is 5.99. The molecule has 0 atom stereocenters. The van der Waals surface area contributed by atoms with E-state index >= 15 is 0 Å². The van der Waals surface area contributed by atoms with Gasteiger partial charge in [0, 0.05) is 29.4 Å². The number of aromatic nitrogens is 1. The molecule has 1 heterocycles. The minimum absolute atomic E-state index is 0.248. The number of rotatable bonds is 8. The maximum atomic E-state index is 12.6. The van der Waals surface area contributed by atoms with Gasteiger partial charge in [-0.1, -0.05) is 19.9 Å². The normalized spacial score (nSPS) is 11.8. The quantitative estimate of drug-likeness (QED) is 0.472. The first-order valence-electron chi connectivity index (χ1n) is 10.8. The number of hydrogen-bond acceptors (Lipinski definition) is 6. The molecule has 0 aliphatic carbocycles. The van der Waals surface area contributed by atoms with Crippen molar-refractivity contribution in [2.24, 2.45) is 5.41 Å². The molecule has 8 nitrogen and oxygen atoms in total. The summed E-state index contributed by atoms with van der Waals surface area (Å²) in [6.45, 7) is 14.1. The van der Waals surface area contributed by atoms with Gasteiger partial charge in [-0.05, 0) is 52.8 Å². The number of nitrogens with one attached hydrogen (secondary N) is 1. The Morgan fingerprint density at radius 3 is 2.16 bits per heavy atom. The van der Waals surface area contributed by atoms with Gasteiger partial charge in [0.15, 0.2) is 0 Å². The summed E-state index contributed by atoms with van der Waals surface area (Å²) in [5.41, 5.74) is 0.464. The standard InChI is InChI=1S/C24H34N2O6/c1-8-30-20(27)17-11-10-16-12-19(21(28)31-9-2)26(18(16)13-17)15-24(6,7)14-25-22(29)32-23(3,4)5/h10-13H,8-9,14-15H2,1-7H3,(H,25,29). The van der Waals surface area contributed by atoms with E-state index in [1.54, 1.807) is 58.9 Å². The first-order chi connectivity index (χ1) is 14.9. The highest BCUT2D eigenvalue weighted by atomic mass is 16.6. The van der Waals surface area contributed by atoms with Crippen LogP contribution < -0.4 is 5.32 Å². The second-order valence-electron chi connectivity index (χ2n) is 9.35. The Hall–Kier alpha value is -3.03. The Labute approximate surface area is 189 Å². The number of esters is 2. The number of amides is 1. The number of fused-ring (bicyclic) bond motifs is 1. The lowest BCUT2D eigenvalue weighted by Crippen LogP contribution is -2.39. The number of carbonyl (C=O) groups is 3. The van der Waals surface area contributed by atoms with Crippen LogP contribution in [0.3, 0.4) is 0 Å². The van der Waals surface area contributed by atoms with Gasteiger partial charge in [-0.25, -0.2) is 14.4 Å². The zero-order valence-electron chi connectivity index (χ0n) is 20.0. The summed E-state index contributed by atoms with van der Waals surface area (Å²) in [5.74, 6) is -0.872. The number of alkyl carbamates (subject to hydrolysis) is 1. The molecule has 1 aromatic carbocycles. The summed E-state index contributed by atoms with van der Waals surface area (Å²) in [5, 5.41) is 3.60. The second-order valence-corrected chi connectivity index (χ2v) is 9.35. The molecule has 0 saturated heterocycles. The Balaban J connectivity index is 2.38. The van der Waals surface area contributed by atoms with Crippen molar-refractivity contribution in [1.82, 2.24) is 9.88 Å². The van der Waals surface area contributed by atoms with Crippen molar-refractivity contribution in [2.75, 3.05) is 19.8 Å². The van der Waals surface area contributed by atoms with Gasteiger partial charge in [0.25, 0.3) is 0 Å². The monoisotopic (exact) mass is 446 g/mol. The minimum atomic E-state index is -0.592. The largest absolute Gasteiger partial charge is 0.462 e. The van der Waals surface area contributed by atoms with Crippen LogP contribution in [-0.4, -0.2) is 48.0 Å². The Kier molecular flexibility index (Phi) is 7.93.